The molecule has 1 aliphatic heterocycles. The summed E-state index contributed by atoms with van der Waals surface area (Å²) in [4.78, 5) is 6.92. The largest absolute Gasteiger partial charge is 0.354 e. The van der Waals surface area contributed by atoms with Crippen molar-refractivity contribution in [1.29, 1.82) is 0 Å². The van der Waals surface area contributed by atoms with E-state index < -0.39 is 0 Å². The van der Waals surface area contributed by atoms with Crippen LogP contribution in [0.4, 0.5) is 0 Å². The van der Waals surface area contributed by atoms with E-state index in [4.69, 9.17) is 0 Å². The predicted molar refractivity (Wildman–Crippen MR) is 88.6 cm³/mol. The van der Waals surface area contributed by atoms with Crippen LogP contribution in [0.2, 0.25) is 0 Å². The summed E-state index contributed by atoms with van der Waals surface area (Å²) in [7, 11) is 1.91. The van der Waals surface area contributed by atoms with Gasteiger partial charge in [-0.3, -0.25) is 4.99 Å². The summed E-state index contributed by atoms with van der Waals surface area (Å²) in [5, 5.41) is 3.61. The minimum absolute atomic E-state index is 0.672. The van der Waals surface area contributed by atoms with E-state index in [9.17, 15) is 0 Å². The lowest BCUT2D eigenvalue weighted by Crippen LogP contribution is -2.50. The van der Waals surface area contributed by atoms with E-state index in [0.717, 1.165) is 25.0 Å². The van der Waals surface area contributed by atoms with Crippen molar-refractivity contribution in [2.24, 2.45) is 10.9 Å². The predicted octanol–water partition coefficient (Wildman–Crippen LogP) is 3.07. The molecule has 0 bridgehead atoms. The number of benzene rings is 1. The molecule has 21 heavy (non-hydrogen) atoms. The van der Waals surface area contributed by atoms with Crippen LogP contribution < -0.4 is 5.32 Å². The second kappa shape index (κ2) is 6.97. The van der Waals surface area contributed by atoms with Gasteiger partial charge in [0.25, 0.3) is 0 Å². The summed E-state index contributed by atoms with van der Waals surface area (Å²) < 4.78 is 0. The summed E-state index contributed by atoms with van der Waals surface area (Å²) >= 11 is 0. The molecule has 0 spiro atoms. The molecule has 1 saturated carbocycles. The molecule has 1 aromatic carbocycles. The van der Waals surface area contributed by atoms with E-state index in [2.05, 4.69) is 45.5 Å². The zero-order chi connectivity index (χ0) is 14.5. The van der Waals surface area contributed by atoms with Crippen molar-refractivity contribution in [3.8, 4) is 0 Å². The average Bonchev–Trinajstić information content (AvgIpc) is 2.49. The van der Waals surface area contributed by atoms with Crippen LogP contribution in [0.5, 0.6) is 0 Å². The Bertz CT molecular complexity index is 457. The Kier molecular flexibility index (Phi) is 4.79. The highest BCUT2D eigenvalue weighted by Crippen LogP contribution is 2.23. The van der Waals surface area contributed by atoms with Crippen LogP contribution in [0.3, 0.4) is 0 Å². The molecule has 0 unspecified atom stereocenters. The zero-order valence-electron chi connectivity index (χ0n) is 13.1. The smallest absolute Gasteiger partial charge is 0.193 e. The average molecular weight is 285 g/mol. The normalized spacial score (nSPS) is 21.2. The third-order valence-corrected chi connectivity index (χ3v) is 4.93. The van der Waals surface area contributed by atoms with Crippen molar-refractivity contribution in [2.75, 3.05) is 20.1 Å². The number of nitrogens with one attached hydrogen (secondary N) is 1. The van der Waals surface area contributed by atoms with Gasteiger partial charge in [-0.25, -0.2) is 0 Å². The highest BCUT2D eigenvalue weighted by Gasteiger charge is 2.24. The summed E-state index contributed by atoms with van der Waals surface area (Å²) in [5.41, 5.74) is 1.48. The van der Waals surface area contributed by atoms with E-state index in [-0.39, 0.29) is 0 Å². The minimum Gasteiger partial charge on any atom is -0.354 e. The van der Waals surface area contributed by atoms with Gasteiger partial charge in [-0.1, -0.05) is 30.3 Å². The first-order chi connectivity index (χ1) is 10.3. The maximum atomic E-state index is 4.47. The highest BCUT2D eigenvalue weighted by molar-refractivity contribution is 5.80. The van der Waals surface area contributed by atoms with Crippen molar-refractivity contribution in [1.82, 2.24) is 10.2 Å². The lowest BCUT2D eigenvalue weighted by molar-refractivity contribution is 0.251. The van der Waals surface area contributed by atoms with Crippen molar-refractivity contribution in [2.45, 2.75) is 44.6 Å². The van der Waals surface area contributed by atoms with Crippen LogP contribution in [0.25, 0.3) is 0 Å². The van der Waals surface area contributed by atoms with Gasteiger partial charge in [-0.2, -0.15) is 0 Å². The van der Waals surface area contributed by atoms with Gasteiger partial charge in [-0.05, 0) is 50.0 Å². The Labute approximate surface area is 128 Å². The number of rotatable bonds is 3. The van der Waals surface area contributed by atoms with Crippen LogP contribution in [-0.2, 0) is 6.42 Å². The lowest BCUT2D eigenvalue weighted by atomic mass is 9.90. The van der Waals surface area contributed by atoms with E-state index in [1.54, 1.807) is 0 Å². The lowest BCUT2D eigenvalue weighted by Gasteiger charge is -2.37. The summed E-state index contributed by atoms with van der Waals surface area (Å²) in [6.07, 6.45) is 7.77. The molecule has 1 aromatic rings. The van der Waals surface area contributed by atoms with E-state index in [0.29, 0.717) is 6.04 Å². The molecule has 3 nitrogen and oxygen atoms in total. The zero-order valence-corrected chi connectivity index (χ0v) is 13.1. The van der Waals surface area contributed by atoms with Gasteiger partial charge in [0.2, 0.25) is 0 Å². The Hall–Kier alpha value is -1.51. The Balaban J connectivity index is 1.47. The molecule has 2 fully saturated rings. The van der Waals surface area contributed by atoms with Gasteiger partial charge < -0.3 is 10.2 Å². The van der Waals surface area contributed by atoms with Crippen LogP contribution in [-0.4, -0.2) is 37.0 Å². The van der Waals surface area contributed by atoms with E-state index in [1.165, 1.54) is 44.1 Å². The molecule has 0 amide bonds. The SMILES string of the molecule is CN=C(NC1CCC1)N1CCC(Cc2ccccc2)CC1. The van der Waals surface area contributed by atoms with Crippen molar-refractivity contribution >= 4 is 5.96 Å². The molecule has 0 aromatic heterocycles. The topological polar surface area (TPSA) is 27.6 Å². The fourth-order valence-corrected chi connectivity index (χ4v) is 3.33. The summed E-state index contributed by atoms with van der Waals surface area (Å²) in [6, 6.07) is 11.6. The number of likely N-dealkylation sites (tertiary alicyclic amines) is 1. The van der Waals surface area contributed by atoms with Gasteiger partial charge >= 0.3 is 0 Å². The molecule has 1 saturated heterocycles. The second-order valence-corrected chi connectivity index (χ2v) is 6.44. The fraction of sp³-hybridized carbons (Fsp3) is 0.611. The monoisotopic (exact) mass is 285 g/mol. The first-order valence-electron chi connectivity index (χ1n) is 8.37. The molecular formula is C18H27N3. The maximum absolute atomic E-state index is 4.47. The van der Waals surface area contributed by atoms with Gasteiger partial charge in [0.15, 0.2) is 5.96 Å². The molecule has 1 heterocycles. The van der Waals surface area contributed by atoms with Crippen LogP contribution in [0.1, 0.15) is 37.7 Å². The van der Waals surface area contributed by atoms with Gasteiger partial charge in [0, 0.05) is 26.2 Å². The van der Waals surface area contributed by atoms with E-state index >= 15 is 0 Å². The maximum Gasteiger partial charge on any atom is 0.193 e. The molecule has 3 rings (SSSR count). The van der Waals surface area contributed by atoms with E-state index in [1.807, 2.05) is 7.05 Å². The number of hydrogen-bond acceptors (Lipinski definition) is 1. The quantitative estimate of drug-likeness (QED) is 0.683. The van der Waals surface area contributed by atoms with Gasteiger partial charge in [0.05, 0.1) is 0 Å². The number of aliphatic imine (C=N–C) groups is 1. The Morgan fingerprint density at radius 3 is 2.43 bits per heavy atom. The number of piperidine rings is 1. The Morgan fingerprint density at radius 1 is 1.14 bits per heavy atom. The number of nitrogens with zero attached hydrogens (tertiary/aromatic N) is 2. The van der Waals surface area contributed by atoms with Gasteiger partial charge in [0.1, 0.15) is 0 Å². The van der Waals surface area contributed by atoms with Crippen LogP contribution in [0, 0.1) is 5.92 Å². The molecular weight excluding hydrogens is 258 g/mol. The molecule has 1 N–H and O–H groups in total. The first-order valence-corrected chi connectivity index (χ1v) is 8.37. The molecule has 1 aliphatic carbocycles. The van der Waals surface area contributed by atoms with Gasteiger partial charge in [-0.15, -0.1) is 0 Å². The second-order valence-electron chi connectivity index (χ2n) is 6.44. The third-order valence-electron chi connectivity index (χ3n) is 4.93. The molecule has 2 aliphatic rings. The first kappa shape index (κ1) is 14.4. The fourth-order valence-electron chi connectivity index (χ4n) is 3.33. The summed E-state index contributed by atoms with van der Waals surface area (Å²) in [6.45, 7) is 2.29. The van der Waals surface area contributed by atoms with Crippen molar-refractivity contribution < 1.29 is 0 Å². The van der Waals surface area contributed by atoms with Crippen LogP contribution in [0.15, 0.2) is 35.3 Å². The highest BCUT2D eigenvalue weighted by atomic mass is 15.3. The standard InChI is InChI=1S/C18H27N3/c1-19-18(20-17-8-5-9-17)21-12-10-16(11-13-21)14-15-6-3-2-4-7-15/h2-4,6-7,16-17H,5,8-14H2,1H3,(H,19,20). The van der Waals surface area contributed by atoms with Crippen molar-refractivity contribution in [3.63, 3.8) is 0 Å². The third kappa shape index (κ3) is 3.78. The number of hydrogen-bond donors (Lipinski definition) is 1. The minimum atomic E-state index is 0.672. The number of guanidine groups is 1. The molecule has 3 heteroatoms. The summed E-state index contributed by atoms with van der Waals surface area (Å²) in [5.74, 6) is 1.95. The molecule has 0 radical (unpaired) electrons. The Morgan fingerprint density at radius 2 is 1.86 bits per heavy atom. The molecule has 114 valence electrons. The van der Waals surface area contributed by atoms with Crippen LogP contribution >= 0.6 is 0 Å². The molecule has 0 atom stereocenters. The van der Waals surface area contributed by atoms with Crippen molar-refractivity contribution in [3.05, 3.63) is 35.9 Å².